The van der Waals surface area contributed by atoms with Gasteiger partial charge in [0.05, 0.1) is 12.8 Å². The third-order valence-corrected chi connectivity index (χ3v) is 4.35. The van der Waals surface area contributed by atoms with Crippen LogP contribution in [0.2, 0.25) is 0 Å². The molecule has 0 saturated heterocycles. The Labute approximate surface area is 158 Å². The first-order chi connectivity index (χ1) is 13.1. The summed E-state index contributed by atoms with van der Waals surface area (Å²) in [7, 11) is 0. The monoisotopic (exact) mass is 367 g/mol. The van der Waals surface area contributed by atoms with Gasteiger partial charge in [-0.1, -0.05) is 6.07 Å². The fraction of sp³-hybridized carbons (Fsp3) is 0.238. The number of halogens is 1. The predicted molar refractivity (Wildman–Crippen MR) is 103 cm³/mol. The van der Waals surface area contributed by atoms with Crippen LogP contribution in [0, 0.1) is 5.82 Å². The molecule has 3 rings (SSSR count). The molecule has 0 radical (unpaired) electrons. The van der Waals surface area contributed by atoms with Crippen LogP contribution in [0.4, 0.5) is 15.9 Å². The van der Waals surface area contributed by atoms with Crippen molar-refractivity contribution in [2.24, 2.45) is 0 Å². The molecule has 3 aromatic rings. The lowest BCUT2D eigenvalue weighted by Gasteiger charge is -2.23. The summed E-state index contributed by atoms with van der Waals surface area (Å²) in [4.78, 5) is 21.1. The second kappa shape index (κ2) is 8.49. The average Bonchev–Trinajstić information content (AvgIpc) is 3.23. The minimum atomic E-state index is -0.352. The van der Waals surface area contributed by atoms with Crippen LogP contribution < -0.4 is 9.80 Å². The van der Waals surface area contributed by atoms with Crippen LogP contribution >= 0.6 is 0 Å². The van der Waals surface area contributed by atoms with E-state index < -0.39 is 0 Å². The number of pyridine rings is 1. The lowest BCUT2D eigenvalue weighted by Crippen LogP contribution is -2.30. The molecule has 0 aliphatic rings. The number of hydrogen-bond donors (Lipinski definition) is 0. The Balaban J connectivity index is 1.87. The number of benzene rings is 1. The first-order valence-corrected chi connectivity index (χ1v) is 8.93. The second-order valence-corrected chi connectivity index (χ2v) is 6.04. The van der Waals surface area contributed by atoms with Crippen molar-refractivity contribution in [3.8, 4) is 0 Å². The van der Waals surface area contributed by atoms with E-state index in [1.54, 1.807) is 35.4 Å². The van der Waals surface area contributed by atoms with E-state index in [0.29, 0.717) is 12.2 Å². The lowest BCUT2D eigenvalue weighted by molar-refractivity contribution is 0.0958. The van der Waals surface area contributed by atoms with Gasteiger partial charge in [-0.3, -0.25) is 4.79 Å². The Bertz CT molecular complexity index is 857. The number of anilines is 2. The first-order valence-electron chi connectivity index (χ1n) is 8.93. The van der Waals surface area contributed by atoms with Crippen LogP contribution in [0.5, 0.6) is 0 Å². The van der Waals surface area contributed by atoms with Crippen LogP contribution in [0.3, 0.4) is 0 Å². The van der Waals surface area contributed by atoms with Crippen LogP contribution in [-0.2, 0) is 6.54 Å². The minimum absolute atomic E-state index is 0.229. The van der Waals surface area contributed by atoms with Crippen molar-refractivity contribution in [3.63, 3.8) is 0 Å². The van der Waals surface area contributed by atoms with Gasteiger partial charge in [-0.05, 0) is 61.9 Å². The van der Waals surface area contributed by atoms with Gasteiger partial charge < -0.3 is 14.2 Å². The number of nitrogens with zero attached hydrogens (tertiary/aromatic N) is 3. The zero-order chi connectivity index (χ0) is 19.2. The summed E-state index contributed by atoms with van der Waals surface area (Å²) in [6, 6.07) is 13.0. The molecule has 6 heteroatoms. The van der Waals surface area contributed by atoms with Crippen LogP contribution in [0.1, 0.15) is 30.0 Å². The van der Waals surface area contributed by atoms with E-state index in [1.165, 1.54) is 18.4 Å². The molecule has 0 aliphatic carbocycles. The van der Waals surface area contributed by atoms with Gasteiger partial charge in [-0.15, -0.1) is 0 Å². The highest BCUT2D eigenvalue weighted by Gasteiger charge is 2.21. The molecule has 0 bridgehead atoms. The summed E-state index contributed by atoms with van der Waals surface area (Å²) >= 11 is 0. The standard InChI is InChI=1S/C21H22FN3O2/c1-3-24(4-2)20-12-7-16(14-23-20)15-25(18-10-8-17(22)9-11-18)21(26)19-6-5-13-27-19/h5-14H,3-4,15H2,1-2H3. The SMILES string of the molecule is CCN(CC)c1ccc(CN(C(=O)c2ccco2)c2ccc(F)cc2)cn1. The van der Waals surface area contributed by atoms with E-state index in [2.05, 4.69) is 23.7 Å². The Hall–Kier alpha value is -3.15. The molecule has 2 heterocycles. The van der Waals surface area contributed by atoms with Crippen molar-refractivity contribution < 1.29 is 13.6 Å². The molecule has 5 nitrogen and oxygen atoms in total. The highest BCUT2D eigenvalue weighted by atomic mass is 19.1. The molecule has 0 fully saturated rings. The molecule has 0 N–H and O–H groups in total. The summed E-state index contributed by atoms with van der Waals surface area (Å²) in [5.74, 6) is 0.482. The molecule has 0 unspecified atom stereocenters. The van der Waals surface area contributed by atoms with Gasteiger partial charge in [-0.25, -0.2) is 9.37 Å². The fourth-order valence-electron chi connectivity index (χ4n) is 2.86. The van der Waals surface area contributed by atoms with Crippen molar-refractivity contribution in [2.75, 3.05) is 22.9 Å². The smallest absolute Gasteiger partial charge is 0.294 e. The maximum atomic E-state index is 13.3. The van der Waals surface area contributed by atoms with E-state index in [4.69, 9.17) is 4.42 Å². The number of rotatable bonds is 7. The summed E-state index contributed by atoms with van der Waals surface area (Å²) in [5.41, 5.74) is 1.46. The summed E-state index contributed by atoms with van der Waals surface area (Å²) in [6.07, 6.45) is 3.22. The highest BCUT2D eigenvalue weighted by Crippen LogP contribution is 2.22. The third kappa shape index (κ3) is 4.34. The van der Waals surface area contributed by atoms with Gasteiger partial charge in [0.15, 0.2) is 5.76 Å². The van der Waals surface area contributed by atoms with Crippen LogP contribution in [0.15, 0.2) is 65.4 Å². The van der Waals surface area contributed by atoms with E-state index in [-0.39, 0.29) is 17.5 Å². The van der Waals surface area contributed by atoms with Gasteiger partial charge in [0.2, 0.25) is 0 Å². The van der Waals surface area contributed by atoms with Crippen molar-refractivity contribution >= 4 is 17.4 Å². The Kier molecular flexibility index (Phi) is 5.86. The maximum absolute atomic E-state index is 13.3. The predicted octanol–water partition coefficient (Wildman–Crippen LogP) is 4.51. The number of hydrogen-bond acceptors (Lipinski definition) is 4. The normalized spacial score (nSPS) is 10.6. The first kappa shape index (κ1) is 18.6. The van der Waals surface area contributed by atoms with Crippen molar-refractivity contribution in [2.45, 2.75) is 20.4 Å². The molecule has 0 aliphatic heterocycles. The Morgan fingerprint density at radius 1 is 1.07 bits per heavy atom. The van der Waals surface area contributed by atoms with Gasteiger partial charge in [-0.2, -0.15) is 0 Å². The Morgan fingerprint density at radius 3 is 2.37 bits per heavy atom. The van der Waals surface area contributed by atoms with Gasteiger partial charge in [0, 0.05) is 25.0 Å². The number of amides is 1. The van der Waals surface area contributed by atoms with Gasteiger partial charge >= 0.3 is 0 Å². The van der Waals surface area contributed by atoms with Crippen LogP contribution in [-0.4, -0.2) is 24.0 Å². The van der Waals surface area contributed by atoms with E-state index in [0.717, 1.165) is 24.5 Å². The highest BCUT2D eigenvalue weighted by molar-refractivity contribution is 6.04. The number of carbonyl (C=O) groups excluding carboxylic acids is 1. The summed E-state index contributed by atoms with van der Waals surface area (Å²) in [5, 5.41) is 0. The van der Waals surface area contributed by atoms with E-state index >= 15 is 0 Å². The molecule has 0 spiro atoms. The van der Waals surface area contributed by atoms with Gasteiger partial charge in [0.1, 0.15) is 11.6 Å². The molecule has 0 saturated carbocycles. The second-order valence-electron chi connectivity index (χ2n) is 6.04. The number of carbonyl (C=O) groups is 1. The van der Waals surface area contributed by atoms with Crippen molar-refractivity contribution in [3.05, 3.63) is 78.1 Å². The Morgan fingerprint density at radius 2 is 1.81 bits per heavy atom. The molecule has 27 heavy (non-hydrogen) atoms. The molecule has 140 valence electrons. The van der Waals surface area contributed by atoms with E-state index in [1.807, 2.05) is 12.1 Å². The fourth-order valence-corrected chi connectivity index (χ4v) is 2.86. The molecule has 1 aromatic carbocycles. The molecular weight excluding hydrogens is 345 g/mol. The maximum Gasteiger partial charge on any atom is 0.294 e. The zero-order valence-corrected chi connectivity index (χ0v) is 15.4. The average molecular weight is 367 g/mol. The molecule has 0 atom stereocenters. The van der Waals surface area contributed by atoms with Crippen molar-refractivity contribution in [1.29, 1.82) is 0 Å². The molecule has 1 amide bonds. The zero-order valence-electron chi connectivity index (χ0n) is 15.4. The topological polar surface area (TPSA) is 49.6 Å². The summed E-state index contributed by atoms with van der Waals surface area (Å²) in [6.45, 7) is 6.22. The number of furan rings is 1. The minimum Gasteiger partial charge on any atom is -0.459 e. The number of aromatic nitrogens is 1. The van der Waals surface area contributed by atoms with Crippen LogP contribution in [0.25, 0.3) is 0 Å². The summed E-state index contributed by atoms with van der Waals surface area (Å²) < 4.78 is 18.6. The quantitative estimate of drug-likeness (QED) is 0.617. The molecular formula is C21H22FN3O2. The largest absolute Gasteiger partial charge is 0.459 e. The van der Waals surface area contributed by atoms with Crippen molar-refractivity contribution in [1.82, 2.24) is 4.98 Å². The lowest BCUT2D eigenvalue weighted by atomic mass is 10.2. The third-order valence-electron chi connectivity index (χ3n) is 4.35. The molecule has 2 aromatic heterocycles. The van der Waals surface area contributed by atoms with Gasteiger partial charge in [0.25, 0.3) is 5.91 Å². The van der Waals surface area contributed by atoms with E-state index in [9.17, 15) is 9.18 Å².